The van der Waals surface area contributed by atoms with Gasteiger partial charge in [0.1, 0.15) is 0 Å². The van der Waals surface area contributed by atoms with Crippen LogP contribution in [0.3, 0.4) is 0 Å². The third-order valence-corrected chi connectivity index (χ3v) is 4.33. The van der Waals surface area contributed by atoms with Gasteiger partial charge in [-0.25, -0.2) is 4.98 Å². The van der Waals surface area contributed by atoms with E-state index in [0.717, 1.165) is 25.5 Å². The zero-order valence-corrected chi connectivity index (χ0v) is 13.4. The molecule has 0 amide bonds. The number of rotatable bonds is 2. The SMILES string of the molecule is Clc1cc(Cl)cc(Nc2nc3ccc(Br)cc3s2)c1. The first-order valence-electron chi connectivity index (χ1n) is 5.39. The quantitative estimate of drug-likeness (QED) is 0.586. The van der Waals surface area contributed by atoms with E-state index in [9.17, 15) is 0 Å². The van der Waals surface area contributed by atoms with Crippen LogP contribution in [0.25, 0.3) is 10.2 Å². The Balaban J connectivity index is 1.96. The highest BCUT2D eigenvalue weighted by Gasteiger charge is 2.05. The third-order valence-electron chi connectivity index (χ3n) is 2.46. The predicted octanol–water partition coefficient (Wildman–Crippen LogP) is 6.11. The van der Waals surface area contributed by atoms with Gasteiger partial charge in [0.2, 0.25) is 0 Å². The average Bonchev–Trinajstić information content (AvgIpc) is 2.68. The van der Waals surface area contributed by atoms with Crippen molar-refractivity contribution in [2.45, 2.75) is 0 Å². The number of nitrogens with one attached hydrogen (secondary N) is 1. The van der Waals surface area contributed by atoms with Gasteiger partial charge in [-0.3, -0.25) is 0 Å². The summed E-state index contributed by atoms with van der Waals surface area (Å²) in [6.07, 6.45) is 0. The van der Waals surface area contributed by atoms with Crippen LogP contribution < -0.4 is 5.32 Å². The fourth-order valence-corrected chi connectivity index (χ4v) is 3.67. The highest BCUT2D eigenvalue weighted by Crippen LogP contribution is 2.31. The van der Waals surface area contributed by atoms with Crippen LogP contribution in [0.2, 0.25) is 10.0 Å². The lowest BCUT2D eigenvalue weighted by Gasteiger charge is -2.03. The minimum Gasteiger partial charge on any atom is -0.331 e. The molecule has 96 valence electrons. The largest absolute Gasteiger partial charge is 0.331 e. The molecule has 1 N–H and O–H groups in total. The molecule has 19 heavy (non-hydrogen) atoms. The van der Waals surface area contributed by atoms with E-state index in [4.69, 9.17) is 23.2 Å². The molecule has 3 aromatic rings. The second kappa shape index (κ2) is 5.29. The van der Waals surface area contributed by atoms with Crippen LogP contribution in [-0.2, 0) is 0 Å². The molecule has 0 saturated heterocycles. The van der Waals surface area contributed by atoms with E-state index >= 15 is 0 Å². The van der Waals surface area contributed by atoms with Crippen molar-refractivity contribution in [2.75, 3.05) is 5.32 Å². The molecule has 0 unspecified atom stereocenters. The smallest absolute Gasteiger partial charge is 0.188 e. The molecule has 3 rings (SSSR count). The van der Waals surface area contributed by atoms with Gasteiger partial charge in [-0.15, -0.1) is 0 Å². The average molecular weight is 374 g/mol. The fraction of sp³-hybridized carbons (Fsp3) is 0. The van der Waals surface area contributed by atoms with Crippen LogP contribution in [0.15, 0.2) is 40.9 Å². The normalized spacial score (nSPS) is 10.9. The maximum Gasteiger partial charge on any atom is 0.188 e. The van der Waals surface area contributed by atoms with Gasteiger partial charge in [0.05, 0.1) is 10.2 Å². The molecule has 0 radical (unpaired) electrons. The van der Waals surface area contributed by atoms with Gasteiger partial charge >= 0.3 is 0 Å². The van der Waals surface area contributed by atoms with E-state index in [-0.39, 0.29) is 0 Å². The van der Waals surface area contributed by atoms with Crippen LogP contribution in [-0.4, -0.2) is 4.98 Å². The molecular formula is C13H7BrCl2N2S. The highest BCUT2D eigenvalue weighted by atomic mass is 79.9. The van der Waals surface area contributed by atoms with E-state index in [2.05, 4.69) is 26.2 Å². The highest BCUT2D eigenvalue weighted by molar-refractivity contribution is 9.10. The first-order chi connectivity index (χ1) is 9.10. The Bertz CT molecular complexity index is 737. The third kappa shape index (κ3) is 3.03. The summed E-state index contributed by atoms with van der Waals surface area (Å²) in [7, 11) is 0. The first-order valence-corrected chi connectivity index (χ1v) is 7.76. The Kier molecular flexibility index (Phi) is 3.67. The Hall–Kier alpha value is -0.810. The molecular weight excluding hydrogens is 367 g/mol. The Labute approximate surface area is 132 Å². The van der Waals surface area contributed by atoms with E-state index in [1.165, 1.54) is 0 Å². The first kappa shape index (κ1) is 13.2. The summed E-state index contributed by atoms with van der Waals surface area (Å²) in [5.74, 6) is 0. The number of hydrogen-bond acceptors (Lipinski definition) is 3. The summed E-state index contributed by atoms with van der Waals surface area (Å²) < 4.78 is 2.16. The van der Waals surface area contributed by atoms with Gasteiger partial charge in [-0.1, -0.05) is 50.5 Å². The Morgan fingerprint density at radius 1 is 1.05 bits per heavy atom. The van der Waals surface area contributed by atoms with Crippen LogP contribution in [0.4, 0.5) is 10.8 Å². The summed E-state index contributed by atoms with van der Waals surface area (Å²) in [6.45, 7) is 0. The van der Waals surface area contributed by atoms with Crippen molar-refractivity contribution >= 4 is 71.5 Å². The van der Waals surface area contributed by atoms with E-state index in [1.807, 2.05) is 30.3 Å². The number of hydrogen-bond donors (Lipinski definition) is 1. The monoisotopic (exact) mass is 372 g/mol. The fourth-order valence-electron chi connectivity index (χ4n) is 1.70. The molecule has 0 aliphatic heterocycles. The van der Waals surface area contributed by atoms with Gasteiger partial charge in [-0.2, -0.15) is 0 Å². The second-order valence-electron chi connectivity index (χ2n) is 3.91. The lowest BCUT2D eigenvalue weighted by Crippen LogP contribution is -1.88. The molecule has 0 bridgehead atoms. The van der Waals surface area contributed by atoms with Gasteiger partial charge in [0, 0.05) is 20.2 Å². The lowest BCUT2D eigenvalue weighted by atomic mass is 10.3. The minimum atomic E-state index is 0.596. The molecule has 2 nitrogen and oxygen atoms in total. The lowest BCUT2D eigenvalue weighted by molar-refractivity contribution is 1.44. The van der Waals surface area contributed by atoms with Gasteiger partial charge in [0.25, 0.3) is 0 Å². The molecule has 0 atom stereocenters. The number of nitrogens with zero attached hydrogens (tertiary/aromatic N) is 1. The molecule has 0 saturated carbocycles. The minimum absolute atomic E-state index is 0.596. The number of anilines is 2. The van der Waals surface area contributed by atoms with Crippen molar-refractivity contribution in [2.24, 2.45) is 0 Å². The summed E-state index contributed by atoms with van der Waals surface area (Å²) in [4.78, 5) is 4.51. The van der Waals surface area contributed by atoms with E-state index < -0.39 is 0 Å². The van der Waals surface area contributed by atoms with Crippen molar-refractivity contribution in [3.8, 4) is 0 Å². The topological polar surface area (TPSA) is 24.9 Å². The maximum absolute atomic E-state index is 5.97. The number of thiazole rings is 1. The van der Waals surface area contributed by atoms with Crippen LogP contribution >= 0.6 is 50.5 Å². The van der Waals surface area contributed by atoms with Crippen molar-refractivity contribution in [3.05, 3.63) is 50.9 Å². The number of fused-ring (bicyclic) bond motifs is 1. The van der Waals surface area contributed by atoms with Crippen LogP contribution in [0.5, 0.6) is 0 Å². The molecule has 0 spiro atoms. The van der Waals surface area contributed by atoms with E-state index in [0.29, 0.717) is 10.0 Å². The summed E-state index contributed by atoms with van der Waals surface area (Å²) in [6, 6.07) is 11.3. The number of aromatic nitrogens is 1. The zero-order chi connectivity index (χ0) is 13.4. The molecule has 0 aliphatic rings. The van der Waals surface area contributed by atoms with Gasteiger partial charge in [0.15, 0.2) is 5.13 Å². The Morgan fingerprint density at radius 3 is 2.53 bits per heavy atom. The second-order valence-corrected chi connectivity index (χ2v) is 6.73. The molecule has 1 aromatic heterocycles. The summed E-state index contributed by atoms with van der Waals surface area (Å²) in [5, 5.41) is 5.22. The van der Waals surface area contributed by atoms with E-state index in [1.54, 1.807) is 17.4 Å². The molecule has 0 fully saturated rings. The Morgan fingerprint density at radius 2 is 1.79 bits per heavy atom. The molecule has 6 heteroatoms. The van der Waals surface area contributed by atoms with Crippen LogP contribution in [0, 0.1) is 0 Å². The molecule has 0 aliphatic carbocycles. The van der Waals surface area contributed by atoms with Crippen molar-refractivity contribution in [1.29, 1.82) is 0 Å². The zero-order valence-electron chi connectivity index (χ0n) is 9.45. The number of halogens is 3. The van der Waals surface area contributed by atoms with Crippen LogP contribution in [0.1, 0.15) is 0 Å². The number of benzene rings is 2. The van der Waals surface area contributed by atoms with Crippen molar-refractivity contribution in [1.82, 2.24) is 4.98 Å². The molecule has 2 aromatic carbocycles. The maximum atomic E-state index is 5.97. The summed E-state index contributed by atoms with van der Waals surface area (Å²) >= 11 is 17.0. The standard InChI is InChI=1S/C13H7BrCl2N2S/c14-7-1-2-11-12(3-7)19-13(18-11)17-10-5-8(15)4-9(16)6-10/h1-6H,(H,17,18). The molecule has 1 heterocycles. The van der Waals surface area contributed by atoms with Crippen molar-refractivity contribution < 1.29 is 0 Å². The summed E-state index contributed by atoms with van der Waals surface area (Å²) in [5.41, 5.74) is 1.79. The predicted molar refractivity (Wildman–Crippen MR) is 87.1 cm³/mol. The van der Waals surface area contributed by atoms with Gasteiger partial charge < -0.3 is 5.32 Å². The van der Waals surface area contributed by atoms with Gasteiger partial charge in [-0.05, 0) is 36.4 Å². The van der Waals surface area contributed by atoms with Crippen molar-refractivity contribution in [3.63, 3.8) is 0 Å².